The molecule has 1 aromatic rings. The van der Waals surface area contributed by atoms with Crippen LogP contribution in [0.1, 0.15) is 46.5 Å². The third-order valence-electron chi connectivity index (χ3n) is 4.81. The molecule has 1 fully saturated rings. The summed E-state index contributed by atoms with van der Waals surface area (Å²) in [5.41, 5.74) is 7.77. The third kappa shape index (κ3) is 3.76. The fourth-order valence-corrected chi connectivity index (χ4v) is 3.52. The van der Waals surface area contributed by atoms with Crippen molar-refractivity contribution < 1.29 is 0 Å². The van der Waals surface area contributed by atoms with E-state index < -0.39 is 0 Å². The van der Waals surface area contributed by atoms with Crippen molar-refractivity contribution in [3.8, 4) is 0 Å². The number of rotatable bonds is 3. The van der Waals surface area contributed by atoms with E-state index in [2.05, 4.69) is 66.3 Å². The summed E-state index contributed by atoms with van der Waals surface area (Å²) in [6, 6.07) is 8.40. The molecule has 0 unspecified atom stereocenters. The molecule has 1 saturated carbocycles. The minimum atomic E-state index is 0.0789. The van der Waals surface area contributed by atoms with Gasteiger partial charge >= 0.3 is 0 Å². The van der Waals surface area contributed by atoms with Gasteiger partial charge in [0, 0.05) is 22.2 Å². The van der Waals surface area contributed by atoms with Crippen LogP contribution >= 0.6 is 15.9 Å². The van der Waals surface area contributed by atoms with E-state index in [1.165, 1.54) is 31.4 Å². The van der Waals surface area contributed by atoms with Crippen LogP contribution in [-0.2, 0) is 0 Å². The summed E-state index contributed by atoms with van der Waals surface area (Å²) in [6.45, 7) is 7.78. The van der Waals surface area contributed by atoms with Gasteiger partial charge in [-0.2, -0.15) is 0 Å². The first-order chi connectivity index (χ1) is 9.35. The van der Waals surface area contributed by atoms with E-state index in [4.69, 9.17) is 5.73 Å². The highest BCUT2D eigenvalue weighted by atomic mass is 79.9. The number of hydrogen-bond acceptors (Lipinski definition) is 2. The van der Waals surface area contributed by atoms with Gasteiger partial charge in [0.2, 0.25) is 0 Å². The highest BCUT2D eigenvalue weighted by Crippen LogP contribution is 2.42. The lowest BCUT2D eigenvalue weighted by Crippen LogP contribution is -2.49. The van der Waals surface area contributed by atoms with Gasteiger partial charge in [-0.25, -0.2) is 0 Å². The lowest BCUT2D eigenvalue weighted by molar-refractivity contribution is 0.145. The maximum absolute atomic E-state index is 6.10. The van der Waals surface area contributed by atoms with Gasteiger partial charge in [0.1, 0.15) is 0 Å². The van der Waals surface area contributed by atoms with E-state index in [0.717, 1.165) is 10.4 Å². The normalized spacial score (nSPS) is 27.4. The highest BCUT2D eigenvalue weighted by molar-refractivity contribution is 9.10. The molecule has 3 N–H and O–H groups in total. The van der Waals surface area contributed by atoms with E-state index in [-0.39, 0.29) is 5.54 Å². The molecule has 2 nitrogen and oxygen atoms in total. The Morgan fingerprint density at radius 1 is 1.20 bits per heavy atom. The number of halogens is 1. The van der Waals surface area contributed by atoms with E-state index in [1.807, 2.05) is 0 Å². The number of nitrogens with one attached hydrogen (secondary N) is 1. The zero-order chi connectivity index (χ0) is 14.8. The Morgan fingerprint density at radius 2 is 1.75 bits per heavy atom. The van der Waals surface area contributed by atoms with Gasteiger partial charge in [0.25, 0.3) is 0 Å². The molecule has 0 spiro atoms. The molecule has 0 bridgehead atoms. The Bertz CT molecular complexity index is 425. The standard InChI is InChI=1S/C17H27BrN2/c1-16(2,3)13-8-10-17(12-19,11-9-13)20-15-6-4-14(18)5-7-15/h4-7,13,20H,8-12,19H2,1-3H3. The molecular weight excluding hydrogens is 312 g/mol. The minimum absolute atomic E-state index is 0.0789. The van der Waals surface area contributed by atoms with Crippen LogP contribution in [0.5, 0.6) is 0 Å². The van der Waals surface area contributed by atoms with Crippen molar-refractivity contribution in [1.29, 1.82) is 0 Å². The average Bonchev–Trinajstić information content (AvgIpc) is 2.41. The van der Waals surface area contributed by atoms with Crippen LogP contribution in [0.25, 0.3) is 0 Å². The van der Waals surface area contributed by atoms with Crippen LogP contribution in [-0.4, -0.2) is 12.1 Å². The Kier molecular flexibility index (Phi) is 4.80. The number of anilines is 1. The van der Waals surface area contributed by atoms with Gasteiger partial charge in [-0.15, -0.1) is 0 Å². The van der Waals surface area contributed by atoms with Crippen LogP contribution in [0.15, 0.2) is 28.7 Å². The quantitative estimate of drug-likeness (QED) is 0.830. The first kappa shape index (κ1) is 15.8. The Balaban J connectivity index is 2.03. The summed E-state index contributed by atoms with van der Waals surface area (Å²) in [5.74, 6) is 0.814. The fourth-order valence-electron chi connectivity index (χ4n) is 3.26. The van der Waals surface area contributed by atoms with Crippen LogP contribution in [0.3, 0.4) is 0 Å². The van der Waals surface area contributed by atoms with E-state index in [9.17, 15) is 0 Å². The lowest BCUT2D eigenvalue weighted by Gasteiger charge is -2.44. The van der Waals surface area contributed by atoms with Crippen molar-refractivity contribution in [2.75, 3.05) is 11.9 Å². The summed E-state index contributed by atoms with van der Waals surface area (Å²) in [6.07, 6.45) is 4.87. The molecule has 0 radical (unpaired) electrons. The van der Waals surface area contributed by atoms with Crippen LogP contribution in [0, 0.1) is 11.3 Å². The summed E-state index contributed by atoms with van der Waals surface area (Å²) in [7, 11) is 0. The molecule has 0 heterocycles. The summed E-state index contributed by atoms with van der Waals surface area (Å²) in [4.78, 5) is 0. The van der Waals surface area contributed by atoms with Gasteiger partial charge in [0.15, 0.2) is 0 Å². The predicted octanol–water partition coefficient (Wildman–Crippen LogP) is 4.79. The molecule has 1 aliphatic rings. The maximum Gasteiger partial charge on any atom is 0.0495 e. The molecule has 0 saturated heterocycles. The zero-order valence-corrected chi connectivity index (χ0v) is 14.5. The molecule has 2 rings (SSSR count). The second-order valence-corrected chi connectivity index (χ2v) is 8.17. The topological polar surface area (TPSA) is 38.0 Å². The average molecular weight is 339 g/mol. The van der Waals surface area contributed by atoms with Crippen LogP contribution in [0.4, 0.5) is 5.69 Å². The third-order valence-corrected chi connectivity index (χ3v) is 5.34. The van der Waals surface area contributed by atoms with Gasteiger partial charge < -0.3 is 11.1 Å². The fraction of sp³-hybridized carbons (Fsp3) is 0.647. The van der Waals surface area contributed by atoms with Crippen molar-refractivity contribution in [3.05, 3.63) is 28.7 Å². The molecule has 1 aliphatic carbocycles. The van der Waals surface area contributed by atoms with Crippen molar-refractivity contribution in [2.24, 2.45) is 17.1 Å². The van der Waals surface area contributed by atoms with E-state index >= 15 is 0 Å². The Morgan fingerprint density at radius 3 is 2.20 bits per heavy atom. The number of benzene rings is 1. The second-order valence-electron chi connectivity index (χ2n) is 7.26. The molecule has 0 amide bonds. The Hall–Kier alpha value is -0.540. The Labute approximate surface area is 131 Å². The first-order valence-corrected chi connectivity index (χ1v) is 8.38. The monoisotopic (exact) mass is 338 g/mol. The molecule has 0 aromatic heterocycles. The molecular formula is C17H27BrN2. The van der Waals surface area contributed by atoms with Crippen molar-refractivity contribution in [1.82, 2.24) is 0 Å². The summed E-state index contributed by atoms with van der Waals surface area (Å²) in [5, 5.41) is 3.70. The molecule has 112 valence electrons. The predicted molar refractivity (Wildman–Crippen MR) is 91.0 cm³/mol. The molecule has 3 heteroatoms. The van der Waals surface area contributed by atoms with Crippen LogP contribution < -0.4 is 11.1 Å². The first-order valence-electron chi connectivity index (χ1n) is 7.58. The maximum atomic E-state index is 6.10. The van der Waals surface area contributed by atoms with Gasteiger partial charge in [0.05, 0.1) is 0 Å². The lowest BCUT2D eigenvalue weighted by atomic mass is 9.67. The minimum Gasteiger partial charge on any atom is -0.378 e. The SMILES string of the molecule is CC(C)(C)C1CCC(CN)(Nc2ccc(Br)cc2)CC1. The second kappa shape index (κ2) is 6.07. The number of nitrogens with two attached hydrogens (primary N) is 1. The highest BCUT2D eigenvalue weighted by Gasteiger charge is 2.37. The summed E-state index contributed by atoms with van der Waals surface area (Å²) < 4.78 is 1.11. The zero-order valence-electron chi connectivity index (χ0n) is 12.9. The smallest absolute Gasteiger partial charge is 0.0495 e. The molecule has 0 atom stereocenters. The van der Waals surface area contributed by atoms with Crippen molar-refractivity contribution >= 4 is 21.6 Å². The van der Waals surface area contributed by atoms with Gasteiger partial charge in [-0.1, -0.05) is 36.7 Å². The molecule has 20 heavy (non-hydrogen) atoms. The van der Waals surface area contributed by atoms with E-state index in [0.29, 0.717) is 12.0 Å². The summed E-state index contributed by atoms with van der Waals surface area (Å²) >= 11 is 3.48. The molecule has 0 aliphatic heterocycles. The van der Waals surface area contributed by atoms with Gasteiger partial charge in [-0.05, 0) is 61.3 Å². The largest absolute Gasteiger partial charge is 0.378 e. The van der Waals surface area contributed by atoms with E-state index in [1.54, 1.807) is 0 Å². The molecule has 1 aromatic carbocycles. The van der Waals surface area contributed by atoms with Crippen molar-refractivity contribution in [2.45, 2.75) is 52.0 Å². The van der Waals surface area contributed by atoms with Crippen LogP contribution in [0.2, 0.25) is 0 Å². The van der Waals surface area contributed by atoms with Crippen molar-refractivity contribution in [3.63, 3.8) is 0 Å². The van der Waals surface area contributed by atoms with Gasteiger partial charge in [-0.3, -0.25) is 0 Å². The number of hydrogen-bond donors (Lipinski definition) is 2.